The van der Waals surface area contributed by atoms with Gasteiger partial charge < -0.3 is 4.74 Å². The Bertz CT molecular complexity index is 389. The van der Waals surface area contributed by atoms with Crippen LogP contribution in [0.4, 0.5) is 0 Å². The molecule has 1 aliphatic carbocycles. The van der Waals surface area contributed by atoms with Gasteiger partial charge in [0.25, 0.3) is 0 Å². The molecule has 16 heavy (non-hydrogen) atoms. The van der Waals surface area contributed by atoms with Crippen molar-refractivity contribution < 1.29 is 9.53 Å². The summed E-state index contributed by atoms with van der Waals surface area (Å²) in [4.78, 5) is 11.5. The molecule has 86 valence electrons. The fourth-order valence-electron chi connectivity index (χ4n) is 2.34. The molecule has 0 atom stereocenters. The lowest BCUT2D eigenvalue weighted by Gasteiger charge is -2.26. The first kappa shape index (κ1) is 11.2. The Morgan fingerprint density at radius 3 is 2.50 bits per heavy atom. The highest BCUT2D eigenvalue weighted by atomic mass is 16.5. The Morgan fingerprint density at radius 2 is 1.88 bits per heavy atom. The lowest BCUT2D eigenvalue weighted by atomic mass is 10.0. The van der Waals surface area contributed by atoms with Crippen LogP contribution in [0.15, 0.2) is 24.3 Å². The van der Waals surface area contributed by atoms with Crippen LogP contribution in [0.2, 0.25) is 0 Å². The van der Waals surface area contributed by atoms with Crippen LogP contribution in [0.25, 0.3) is 0 Å². The van der Waals surface area contributed by atoms with Crippen LogP contribution in [-0.2, 0) is 0 Å². The molecule has 0 unspecified atom stereocenters. The van der Waals surface area contributed by atoms with Crippen LogP contribution in [0.5, 0.6) is 5.75 Å². The molecule has 2 heteroatoms. The SMILES string of the molecule is CC(=O)c1ccccc1OC1(C)CCCC1. The Balaban J connectivity index is 2.23. The van der Waals surface area contributed by atoms with Crippen LogP contribution in [0, 0.1) is 0 Å². The van der Waals surface area contributed by atoms with Gasteiger partial charge in [0.05, 0.1) is 5.56 Å². The summed E-state index contributed by atoms with van der Waals surface area (Å²) in [5.41, 5.74) is 0.613. The molecule has 0 bridgehead atoms. The summed E-state index contributed by atoms with van der Waals surface area (Å²) in [7, 11) is 0. The first-order chi connectivity index (χ1) is 7.61. The normalized spacial score (nSPS) is 18.4. The zero-order valence-electron chi connectivity index (χ0n) is 9.95. The number of rotatable bonds is 3. The van der Waals surface area contributed by atoms with E-state index < -0.39 is 0 Å². The molecule has 1 aromatic rings. The summed E-state index contributed by atoms with van der Waals surface area (Å²) in [5.74, 6) is 0.802. The second kappa shape index (κ2) is 4.28. The van der Waals surface area contributed by atoms with Crippen LogP contribution < -0.4 is 4.74 Å². The molecular weight excluding hydrogens is 200 g/mol. The molecule has 1 aliphatic rings. The van der Waals surface area contributed by atoms with Gasteiger partial charge in [-0.1, -0.05) is 12.1 Å². The third-order valence-corrected chi connectivity index (χ3v) is 3.28. The van der Waals surface area contributed by atoms with E-state index in [4.69, 9.17) is 4.74 Å². The number of ether oxygens (including phenoxy) is 1. The van der Waals surface area contributed by atoms with Gasteiger partial charge in [-0.2, -0.15) is 0 Å². The van der Waals surface area contributed by atoms with E-state index in [9.17, 15) is 4.79 Å². The molecule has 2 rings (SSSR count). The number of carbonyl (C=O) groups excluding carboxylic acids is 1. The second-order valence-corrected chi connectivity index (χ2v) is 4.81. The fraction of sp³-hybridized carbons (Fsp3) is 0.500. The predicted molar refractivity (Wildman–Crippen MR) is 63.9 cm³/mol. The summed E-state index contributed by atoms with van der Waals surface area (Å²) in [6, 6.07) is 7.51. The zero-order chi connectivity index (χ0) is 11.6. The van der Waals surface area contributed by atoms with Crippen molar-refractivity contribution in [1.82, 2.24) is 0 Å². The van der Waals surface area contributed by atoms with Crippen molar-refractivity contribution in [3.05, 3.63) is 29.8 Å². The smallest absolute Gasteiger partial charge is 0.163 e. The first-order valence-corrected chi connectivity index (χ1v) is 5.90. The molecule has 0 amide bonds. The molecule has 1 saturated carbocycles. The van der Waals surface area contributed by atoms with Crippen LogP contribution >= 0.6 is 0 Å². The average molecular weight is 218 g/mol. The summed E-state index contributed by atoms with van der Waals surface area (Å²) in [6.45, 7) is 3.72. The Labute approximate surface area is 96.6 Å². The highest BCUT2D eigenvalue weighted by Gasteiger charge is 2.31. The summed E-state index contributed by atoms with van der Waals surface area (Å²) >= 11 is 0. The molecule has 0 spiro atoms. The molecule has 0 aromatic heterocycles. The largest absolute Gasteiger partial charge is 0.487 e. The number of Topliss-reactive ketones (excluding diaryl/α,β-unsaturated/α-hetero) is 1. The minimum atomic E-state index is -0.0778. The maximum atomic E-state index is 11.5. The molecule has 0 aliphatic heterocycles. The van der Waals surface area contributed by atoms with Crippen LogP contribution in [0.3, 0.4) is 0 Å². The average Bonchev–Trinajstić information content (AvgIpc) is 2.65. The minimum absolute atomic E-state index is 0.0668. The molecular formula is C14H18O2. The molecule has 0 heterocycles. The predicted octanol–water partition coefficient (Wildman–Crippen LogP) is 3.60. The van der Waals surface area contributed by atoms with E-state index in [-0.39, 0.29) is 11.4 Å². The van der Waals surface area contributed by atoms with E-state index in [0.717, 1.165) is 18.6 Å². The van der Waals surface area contributed by atoms with Crippen molar-refractivity contribution in [2.45, 2.75) is 45.1 Å². The molecule has 0 saturated heterocycles. The second-order valence-electron chi connectivity index (χ2n) is 4.81. The number of hydrogen-bond acceptors (Lipinski definition) is 2. The highest BCUT2D eigenvalue weighted by Crippen LogP contribution is 2.35. The van der Waals surface area contributed by atoms with E-state index in [1.807, 2.05) is 24.3 Å². The van der Waals surface area contributed by atoms with Crippen molar-refractivity contribution in [2.24, 2.45) is 0 Å². The standard InChI is InChI=1S/C14H18O2/c1-11(15)12-7-3-4-8-13(12)16-14(2)9-5-6-10-14/h3-4,7-8H,5-6,9-10H2,1-2H3. The molecule has 1 aromatic carbocycles. The van der Waals surface area contributed by atoms with Crippen molar-refractivity contribution in [2.75, 3.05) is 0 Å². The lowest BCUT2D eigenvalue weighted by molar-refractivity contribution is 0.0905. The monoisotopic (exact) mass is 218 g/mol. The van der Waals surface area contributed by atoms with Gasteiger partial charge in [-0.15, -0.1) is 0 Å². The quantitative estimate of drug-likeness (QED) is 0.724. The van der Waals surface area contributed by atoms with Gasteiger partial charge in [-0.25, -0.2) is 0 Å². The first-order valence-electron chi connectivity index (χ1n) is 5.90. The molecule has 0 N–H and O–H groups in total. The van der Waals surface area contributed by atoms with Crippen molar-refractivity contribution in [3.8, 4) is 5.75 Å². The van der Waals surface area contributed by atoms with Gasteiger partial charge >= 0.3 is 0 Å². The van der Waals surface area contributed by atoms with Crippen molar-refractivity contribution in [3.63, 3.8) is 0 Å². The van der Waals surface area contributed by atoms with E-state index in [1.54, 1.807) is 6.92 Å². The molecule has 1 fully saturated rings. The van der Waals surface area contributed by atoms with Gasteiger partial charge in [0.1, 0.15) is 11.4 Å². The van der Waals surface area contributed by atoms with E-state index in [2.05, 4.69) is 6.92 Å². The van der Waals surface area contributed by atoms with Gasteiger partial charge in [0.2, 0.25) is 0 Å². The maximum absolute atomic E-state index is 11.5. The van der Waals surface area contributed by atoms with E-state index in [0.29, 0.717) is 5.56 Å². The minimum Gasteiger partial charge on any atom is -0.487 e. The third-order valence-electron chi connectivity index (χ3n) is 3.28. The zero-order valence-corrected chi connectivity index (χ0v) is 9.95. The van der Waals surface area contributed by atoms with Gasteiger partial charge in [-0.05, 0) is 51.7 Å². The number of benzene rings is 1. The number of para-hydroxylation sites is 1. The van der Waals surface area contributed by atoms with Gasteiger partial charge in [-0.3, -0.25) is 4.79 Å². The molecule has 2 nitrogen and oxygen atoms in total. The van der Waals surface area contributed by atoms with Crippen LogP contribution in [0.1, 0.15) is 49.9 Å². The maximum Gasteiger partial charge on any atom is 0.163 e. The highest BCUT2D eigenvalue weighted by molar-refractivity contribution is 5.96. The van der Waals surface area contributed by atoms with E-state index >= 15 is 0 Å². The number of hydrogen-bond donors (Lipinski definition) is 0. The summed E-state index contributed by atoms with van der Waals surface area (Å²) in [6.07, 6.45) is 4.61. The fourth-order valence-corrected chi connectivity index (χ4v) is 2.34. The summed E-state index contributed by atoms with van der Waals surface area (Å²) in [5, 5.41) is 0. The van der Waals surface area contributed by atoms with Gasteiger partial charge in [0, 0.05) is 0 Å². The third kappa shape index (κ3) is 2.26. The number of ketones is 1. The lowest BCUT2D eigenvalue weighted by Crippen LogP contribution is -2.28. The topological polar surface area (TPSA) is 26.3 Å². The Kier molecular flexibility index (Phi) is 2.99. The Morgan fingerprint density at radius 1 is 1.25 bits per heavy atom. The van der Waals surface area contributed by atoms with Gasteiger partial charge in [0.15, 0.2) is 5.78 Å². The number of carbonyl (C=O) groups is 1. The molecule has 0 radical (unpaired) electrons. The summed E-state index contributed by atoms with van der Waals surface area (Å²) < 4.78 is 6.03. The van der Waals surface area contributed by atoms with E-state index in [1.165, 1.54) is 12.8 Å². The Hall–Kier alpha value is -1.31. The van der Waals surface area contributed by atoms with Crippen molar-refractivity contribution in [1.29, 1.82) is 0 Å². The van der Waals surface area contributed by atoms with Crippen molar-refractivity contribution >= 4 is 5.78 Å². The van der Waals surface area contributed by atoms with Crippen LogP contribution in [-0.4, -0.2) is 11.4 Å².